The third kappa shape index (κ3) is 5.45. The van der Waals surface area contributed by atoms with Gasteiger partial charge in [0, 0.05) is 11.8 Å². The molecule has 3 heterocycles. The van der Waals surface area contributed by atoms with Crippen LogP contribution in [-0.2, 0) is 23.3 Å². The Hall–Kier alpha value is -3.97. The second-order valence-corrected chi connectivity index (χ2v) is 9.92. The van der Waals surface area contributed by atoms with E-state index in [9.17, 15) is 44.3 Å². The molecule has 224 valence electrons. The lowest BCUT2D eigenvalue weighted by molar-refractivity contribution is -0.143. The lowest BCUT2D eigenvalue weighted by Crippen LogP contribution is -2.41. The van der Waals surface area contributed by atoms with Gasteiger partial charge in [0.15, 0.2) is 0 Å². The highest BCUT2D eigenvalue weighted by Gasteiger charge is 2.50. The van der Waals surface area contributed by atoms with E-state index in [0.29, 0.717) is 24.1 Å². The van der Waals surface area contributed by atoms with Crippen LogP contribution in [0.15, 0.2) is 54.7 Å². The van der Waals surface area contributed by atoms with Crippen LogP contribution in [0.25, 0.3) is 11.1 Å². The molecule has 3 unspecified atom stereocenters. The molecule has 0 saturated carbocycles. The molecule has 5 rings (SSSR count). The number of nitrogens with zero attached hydrogens (tertiary/aromatic N) is 2. The van der Waals surface area contributed by atoms with Crippen LogP contribution in [0.4, 0.5) is 44.3 Å². The van der Waals surface area contributed by atoms with Gasteiger partial charge in [0.1, 0.15) is 6.10 Å². The van der Waals surface area contributed by atoms with Gasteiger partial charge in [-0.25, -0.2) is 9.78 Å². The zero-order valence-corrected chi connectivity index (χ0v) is 21.6. The number of hydrogen-bond acceptors (Lipinski definition) is 4. The highest BCUT2D eigenvalue weighted by molar-refractivity contribution is 5.76. The van der Waals surface area contributed by atoms with Crippen molar-refractivity contribution in [1.29, 1.82) is 0 Å². The Labute approximate surface area is 232 Å². The van der Waals surface area contributed by atoms with E-state index in [4.69, 9.17) is 9.47 Å². The maximum atomic E-state index is 13.8. The van der Waals surface area contributed by atoms with Crippen LogP contribution in [0.1, 0.15) is 59.2 Å². The zero-order valence-electron chi connectivity index (χ0n) is 21.6. The van der Waals surface area contributed by atoms with Crippen LogP contribution >= 0.6 is 0 Å². The van der Waals surface area contributed by atoms with E-state index in [2.05, 4.69) is 4.98 Å². The van der Waals surface area contributed by atoms with Crippen molar-refractivity contribution in [1.82, 2.24) is 9.88 Å². The first-order valence-corrected chi connectivity index (χ1v) is 12.6. The number of aromatic nitrogens is 1. The second kappa shape index (κ2) is 10.4. The number of carbonyl (C=O) groups excluding carboxylic acids is 1. The fourth-order valence-electron chi connectivity index (χ4n) is 5.59. The van der Waals surface area contributed by atoms with Crippen LogP contribution in [0, 0.1) is 0 Å². The van der Waals surface area contributed by atoms with E-state index < -0.39 is 65.1 Å². The molecule has 14 heteroatoms. The van der Waals surface area contributed by atoms with Crippen molar-refractivity contribution in [2.24, 2.45) is 0 Å². The SMILES string of the molecule is COc1ncccc1-c1ccc(C(F)(F)F)cc1C1CCCC2C(c3cc(C(F)(F)F)cc(C(F)(F)F)c3)OC(=O)N12. The highest BCUT2D eigenvalue weighted by atomic mass is 19.4. The summed E-state index contributed by atoms with van der Waals surface area (Å²) in [5.74, 6) is 0.0939. The number of methoxy groups -OCH3 is 1. The van der Waals surface area contributed by atoms with Crippen molar-refractivity contribution in [2.45, 2.75) is 56.0 Å². The van der Waals surface area contributed by atoms with Crippen LogP contribution in [-0.4, -0.2) is 29.1 Å². The topological polar surface area (TPSA) is 51.7 Å². The van der Waals surface area contributed by atoms with Crippen molar-refractivity contribution in [3.05, 3.63) is 82.5 Å². The number of fused-ring (bicyclic) bond motifs is 1. The first kappa shape index (κ1) is 29.5. The van der Waals surface area contributed by atoms with E-state index in [-0.39, 0.29) is 35.9 Å². The van der Waals surface area contributed by atoms with Gasteiger partial charge in [-0.1, -0.05) is 6.07 Å². The van der Waals surface area contributed by atoms with Gasteiger partial charge >= 0.3 is 24.6 Å². The van der Waals surface area contributed by atoms with Crippen LogP contribution in [0.3, 0.4) is 0 Å². The highest BCUT2D eigenvalue weighted by Crippen LogP contribution is 2.50. The average Bonchev–Trinajstić information content (AvgIpc) is 3.27. The predicted octanol–water partition coefficient (Wildman–Crippen LogP) is 8.60. The molecule has 2 aromatic carbocycles. The number of pyridine rings is 1. The van der Waals surface area contributed by atoms with Gasteiger partial charge in [-0.15, -0.1) is 0 Å². The molecule has 1 amide bonds. The zero-order chi connectivity index (χ0) is 30.6. The van der Waals surface area contributed by atoms with Gasteiger partial charge in [-0.3, -0.25) is 4.90 Å². The minimum atomic E-state index is -5.12. The summed E-state index contributed by atoms with van der Waals surface area (Å²) >= 11 is 0. The van der Waals surface area contributed by atoms with Crippen molar-refractivity contribution in [3.8, 4) is 17.0 Å². The monoisotopic (exact) mass is 604 g/mol. The number of halogens is 9. The quantitative estimate of drug-likeness (QED) is 0.280. The number of rotatable bonds is 4. The van der Waals surface area contributed by atoms with E-state index in [0.717, 1.165) is 17.0 Å². The smallest absolute Gasteiger partial charge is 0.416 e. The third-order valence-electron chi connectivity index (χ3n) is 7.39. The van der Waals surface area contributed by atoms with E-state index >= 15 is 0 Å². The van der Waals surface area contributed by atoms with Crippen LogP contribution < -0.4 is 4.74 Å². The molecule has 42 heavy (non-hydrogen) atoms. The molecule has 0 spiro atoms. The Morgan fingerprint density at radius 3 is 2.07 bits per heavy atom. The minimum absolute atomic E-state index is 0.0299. The summed E-state index contributed by atoms with van der Waals surface area (Å²) in [5, 5.41) is 0. The Morgan fingerprint density at radius 1 is 0.833 bits per heavy atom. The molecule has 0 bridgehead atoms. The van der Waals surface area contributed by atoms with E-state index in [1.807, 2.05) is 0 Å². The first-order valence-electron chi connectivity index (χ1n) is 12.6. The summed E-state index contributed by atoms with van der Waals surface area (Å²) in [6.45, 7) is 0. The number of piperidine rings is 1. The standard InChI is InChI=1S/C28H21F9N2O3/c1-41-24-19(4-3-9-38-24)18-8-7-15(26(29,30)31)13-20(18)21-5-2-6-22-23(42-25(40)39(21)22)14-10-16(27(32,33)34)12-17(11-14)28(35,36)37/h3-4,7-13,21-23H,2,5-6H2,1H3. The lowest BCUT2D eigenvalue weighted by atomic mass is 9.84. The molecular weight excluding hydrogens is 583 g/mol. The first-order chi connectivity index (χ1) is 19.6. The number of ether oxygens (including phenoxy) is 2. The maximum Gasteiger partial charge on any atom is 0.416 e. The number of hydrogen-bond donors (Lipinski definition) is 0. The van der Waals surface area contributed by atoms with Gasteiger partial charge in [0.2, 0.25) is 5.88 Å². The maximum absolute atomic E-state index is 13.8. The normalized spacial score (nSPS) is 21.2. The fraction of sp³-hybridized carbons (Fsp3) is 0.357. The summed E-state index contributed by atoms with van der Waals surface area (Å²) < 4.78 is 133. The summed E-state index contributed by atoms with van der Waals surface area (Å²) in [5.41, 5.74) is -4.04. The van der Waals surface area contributed by atoms with Crippen LogP contribution in [0.2, 0.25) is 0 Å². The summed E-state index contributed by atoms with van der Waals surface area (Å²) in [4.78, 5) is 18.4. The van der Waals surface area contributed by atoms with Crippen molar-refractivity contribution < 1.29 is 53.8 Å². The number of benzene rings is 2. The van der Waals surface area contributed by atoms with Gasteiger partial charge in [-0.2, -0.15) is 39.5 Å². The van der Waals surface area contributed by atoms with Gasteiger partial charge in [0.25, 0.3) is 0 Å². The number of carbonyl (C=O) groups is 1. The Bertz CT molecular complexity index is 1470. The molecule has 0 N–H and O–H groups in total. The molecule has 5 nitrogen and oxygen atoms in total. The fourth-order valence-corrected chi connectivity index (χ4v) is 5.59. The Balaban J connectivity index is 1.62. The summed E-state index contributed by atoms with van der Waals surface area (Å²) in [6, 6.07) is 4.92. The predicted molar refractivity (Wildman–Crippen MR) is 129 cm³/mol. The van der Waals surface area contributed by atoms with Gasteiger partial charge in [-0.05, 0) is 78.4 Å². The number of cyclic esters (lactones) is 1. The van der Waals surface area contributed by atoms with Gasteiger partial charge < -0.3 is 9.47 Å². The summed E-state index contributed by atoms with van der Waals surface area (Å²) in [7, 11) is 1.32. The molecule has 2 aliphatic rings. The Morgan fingerprint density at radius 2 is 1.48 bits per heavy atom. The molecule has 3 atom stereocenters. The van der Waals surface area contributed by atoms with Crippen molar-refractivity contribution in [3.63, 3.8) is 0 Å². The minimum Gasteiger partial charge on any atom is -0.481 e. The van der Waals surface area contributed by atoms with Gasteiger partial charge in [0.05, 0.1) is 35.9 Å². The van der Waals surface area contributed by atoms with Crippen molar-refractivity contribution >= 4 is 6.09 Å². The second-order valence-electron chi connectivity index (χ2n) is 9.92. The third-order valence-corrected chi connectivity index (χ3v) is 7.39. The molecule has 0 aliphatic carbocycles. The number of amides is 1. The molecule has 0 radical (unpaired) electrons. The molecule has 1 aromatic heterocycles. The van der Waals surface area contributed by atoms with E-state index in [1.54, 1.807) is 6.07 Å². The lowest BCUT2D eigenvalue weighted by Gasteiger charge is -2.38. The van der Waals surface area contributed by atoms with Crippen LogP contribution in [0.5, 0.6) is 5.88 Å². The number of alkyl halides is 9. The van der Waals surface area contributed by atoms with Crippen molar-refractivity contribution in [2.75, 3.05) is 7.11 Å². The molecule has 2 saturated heterocycles. The molecule has 2 aliphatic heterocycles. The Kier molecular flexibility index (Phi) is 7.30. The largest absolute Gasteiger partial charge is 0.481 e. The molecular formula is C28H21F9N2O3. The molecule has 3 aromatic rings. The average molecular weight is 604 g/mol. The summed E-state index contributed by atoms with van der Waals surface area (Å²) in [6.07, 6.45) is -15.6. The molecule has 2 fully saturated rings. The van der Waals surface area contributed by atoms with E-state index in [1.165, 1.54) is 25.4 Å².